The molecule has 34 heavy (non-hydrogen) atoms. The van der Waals surface area contributed by atoms with Crippen LogP contribution in [0.3, 0.4) is 0 Å². The summed E-state index contributed by atoms with van der Waals surface area (Å²) in [5, 5.41) is 17.4. The molecule has 170 valence electrons. The molecule has 1 heterocycles. The fourth-order valence-corrected chi connectivity index (χ4v) is 3.45. The Morgan fingerprint density at radius 3 is 2.38 bits per heavy atom. The molecule has 1 aromatic heterocycles. The van der Waals surface area contributed by atoms with Crippen molar-refractivity contribution in [3.63, 3.8) is 0 Å². The number of pyridine rings is 1. The largest absolute Gasteiger partial charge is 0.508 e. The van der Waals surface area contributed by atoms with Crippen molar-refractivity contribution in [3.8, 4) is 17.0 Å². The number of nitrogens with one attached hydrogen (secondary N) is 2. The summed E-state index contributed by atoms with van der Waals surface area (Å²) in [6.45, 7) is 3.59. The molecule has 0 radical (unpaired) electrons. The van der Waals surface area contributed by atoms with E-state index in [1.807, 2.05) is 36.4 Å². The summed E-state index contributed by atoms with van der Waals surface area (Å²) in [4.78, 5) is 29.3. The molecule has 0 unspecified atom stereocenters. The third-order valence-corrected chi connectivity index (χ3v) is 5.36. The van der Waals surface area contributed by atoms with Gasteiger partial charge >= 0.3 is 0 Å². The smallest absolute Gasteiger partial charge is 0.272 e. The Hall–Kier alpha value is -4.52. The van der Waals surface area contributed by atoms with Gasteiger partial charge in [-0.25, -0.2) is 10.4 Å². The first kappa shape index (κ1) is 22.7. The first-order chi connectivity index (χ1) is 16.4. The standard InChI is InChI=1S/C27H24N4O3/c1-3-26(33)28-20-12-8-18(9-13-20)17(2)30-31-27(34)23-16-25(19-10-14-21(32)15-11-19)29-24-7-5-4-6-22(23)24/h4-16,32H,3H2,1-2H3,(H,28,33)(H,31,34). The molecule has 3 aromatic carbocycles. The van der Waals surface area contributed by atoms with Gasteiger partial charge in [-0.2, -0.15) is 5.10 Å². The Kier molecular flexibility index (Phi) is 6.64. The van der Waals surface area contributed by atoms with Crippen molar-refractivity contribution in [2.45, 2.75) is 20.3 Å². The molecule has 0 spiro atoms. The van der Waals surface area contributed by atoms with Gasteiger partial charge in [0.05, 0.1) is 22.5 Å². The second-order valence-corrected chi connectivity index (χ2v) is 7.74. The second kappa shape index (κ2) is 9.95. The summed E-state index contributed by atoms with van der Waals surface area (Å²) < 4.78 is 0. The van der Waals surface area contributed by atoms with Crippen LogP contribution in [-0.2, 0) is 4.79 Å². The van der Waals surface area contributed by atoms with E-state index in [1.54, 1.807) is 56.3 Å². The molecule has 0 saturated heterocycles. The molecule has 4 rings (SSSR count). The van der Waals surface area contributed by atoms with Gasteiger partial charge in [0.25, 0.3) is 5.91 Å². The number of nitrogens with zero attached hydrogens (tertiary/aromatic N) is 2. The SMILES string of the molecule is CCC(=O)Nc1ccc(C(C)=NNC(=O)c2cc(-c3ccc(O)cc3)nc3ccccc23)cc1. The van der Waals surface area contributed by atoms with Gasteiger partial charge < -0.3 is 10.4 Å². The van der Waals surface area contributed by atoms with E-state index >= 15 is 0 Å². The lowest BCUT2D eigenvalue weighted by atomic mass is 10.0. The maximum atomic E-state index is 13.1. The number of phenolic OH excluding ortho intramolecular Hbond substituents is 1. The number of rotatable bonds is 6. The van der Waals surface area contributed by atoms with Crippen molar-refractivity contribution in [1.29, 1.82) is 0 Å². The quantitative estimate of drug-likeness (QED) is 0.279. The summed E-state index contributed by atoms with van der Waals surface area (Å²) in [6.07, 6.45) is 0.409. The van der Waals surface area contributed by atoms with Gasteiger partial charge in [-0.3, -0.25) is 9.59 Å². The number of para-hydroxylation sites is 1. The number of anilines is 1. The molecular weight excluding hydrogens is 428 g/mol. The van der Waals surface area contributed by atoms with Crippen LogP contribution in [-0.4, -0.2) is 27.6 Å². The number of hydrogen-bond donors (Lipinski definition) is 3. The number of hydrogen-bond acceptors (Lipinski definition) is 5. The van der Waals surface area contributed by atoms with E-state index in [2.05, 4.69) is 20.8 Å². The minimum Gasteiger partial charge on any atom is -0.508 e. The lowest BCUT2D eigenvalue weighted by Crippen LogP contribution is -2.20. The zero-order valence-corrected chi connectivity index (χ0v) is 18.9. The van der Waals surface area contributed by atoms with Gasteiger partial charge in [0.15, 0.2) is 0 Å². The van der Waals surface area contributed by atoms with E-state index in [9.17, 15) is 14.7 Å². The molecule has 0 aliphatic heterocycles. The van der Waals surface area contributed by atoms with E-state index in [0.717, 1.165) is 11.1 Å². The predicted molar refractivity (Wildman–Crippen MR) is 134 cm³/mol. The van der Waals surface area contributed by atoms with Crippen LogP contribution in [0.25, 0.3) is 22.2 Å². The van der Waals surface area contributed by atoms with E-state index in [-0.39, 0.29) is 17.6 Å². The maximum Gasteiger partial charge on any atom is 0.272 e. The number of aromatic nitrogens is 1. The van der Waals surface area contributed by atoms with E-state index < -0.39 is 0 Å². The Bertz CT molecular complexity index is 1380. The minimum absolute atomic E-state index is 0.0540. The maximum absolute atomic E-state index is 13.1. The van der Waals surface area contributed by atoms with Crippen LogP contribution < -0.4 is 10.7 Å². The van der Waals surface area contributed by atoms with Crippen molar-refractivity contribution >= 4 is 34.1 Å². The highest BCUT2D eigenvalue weighted by molar-refractivity contribution is 6.08. The predicted octanol–water partition coefficient (Wildman–Crippen LogP) is 5.11. The van der Waals surface area contributed by atoms with Crippen LogP contribution in [0.5, 0.6) is 5.75 Å². The summed E-state index contributed by atoms with van der Waals surface area (Å²) >= 11 is 0. The molecule has 0 bridgehead atoms. The molecule has 0 atom stereocenters. The first-order valence-electron chi connectivity index (χ1n) is 10.9. The topological polar surface area (TPSA) is 104 Å². The lowest BCUT2D eigenvalue weighted by Gasteiger charge is -2.10. The number of fused-ring (bicyclic) bond motifs is 1. The highest BCUT2D eigenvalue weighted by Crippen LogP contribution is 2.26. The molecule has 4 aromatic rings. The third-order valence-electron chi connectivity index (χ3n) is 5.36. The highest BCUT2D eigenvalue weighted by atomic mass is 16.3. The average molecular weight is 453 g/mol. The summed E-state index contributed by atoms with van der Waals surface area (Å²) in [6, 6.07) is 23.1. The molecule has 3 N–H and O–H groups in total. The second-order valence-electron chi connectivity index (χ2n) is 7.74. The van der Waals surface area contributed by atoms with Gasteiger partial charge in [-0.05, 0) is 61.0 Å². The molecular formula is C27H24N4O3. The van der Waals surface area contributed by atoms with Crippen LogP contribution in [0, 0.1) is 0 Å². The number of phenols is 1. The number of benzene rings is 3. The zero-order chi connectivity index (χ0) is 24.1. The van der Waals surface area contributed by atoms with Gasteiger partial charge in [0, 0.05) is 23.1 Å². The van der Waals surface area contributed by atoms with Gasteiger partial charge in [0.1, 0.15) is 5.75 Å². The minimum atomic E-state index is -0.357. The number of carbonyl (C=O) groups excluding carboxylic acids is 2. The Morgan fingerprint density at radius 2 is 1.68 bits per heavy atom. The van der Waals surface area contributed by atoms with Crippen LogP contribution in [0.1, 0.15) is 36.2 Å². The van der Waals surface area contributed by atoms with Gasteiger partial charge in [0.2, 0.25) is 5.91 Å². The molecule has 7 heteroatoms. The molecule has 0 fully saturated rings. The fourth-order valence-electron chi connectivity index (χ4n) is 3.45. The van der Waals surface area contributed by atoms with E-state index in [1.165, 1.54) is 0 Å². The lowest BCUT2D eigenvalue weighted by molar-refractivity contribution is -0.115. The summed E-state index contributed by atoms with van der Waals surface area (Å²) in [5.41, 5.74) is 7.33. The van der Waals surface area contributed by atoms with E-state index in [0.29, 0.717) is 40.0 Å². The van der Waals surface area contributed by atoms with Gasteiger partial charge in [-0.1, -0.05) is 37.3 Å². The van der Waals surface area contributed by atoms with Crippen LogP contribution in [0.4, 0.5) is 5.69 Å². The molecule has 0 saturated carbocycles. The number of hydrazone groups is 1. The molecule has 0 aliphatic carbocycles. The Morgan fingerprint density at radius 1 is 0.971 bits per heavy atom. The number of amides is 2. The zero-order valence-electron chi connectivity index (χ0n) is 18.9. The molecule has 7 nitrogen and oxygen atoms in total. The fraction of sp³-hybridized carbons (Fsp3) is 0.111. The Labute approximate surface area is 197 Å². The van der Waals surface area contributed by atoms with Gasteiger partial charge in [-0.15, -0.1) is 0 Å². The average Bonchev–Trinajstić information content (AvgIpc) is 2.87. The number of carbonyl (C=O) groups is 2. The van der Waals surface area contributed by atoms with Crippen LogP contribution in [0.2, 0.25) is 0 Å². The normalized spacial score (nSPS) is 11.3. The van der Waals surface area contributed by atoms with Crippen molar-refractivity contribution in [2.24, 2.45) is 5.10 Å². The molecule has 2 amide bonds. The van der Waals surface area contributed by atoms with Crippen LogP contribution in [0.15, 0.2) is 84.0 Å². The van der Waals surface area contributed by atoms with E-state index in [4.69, 9.17) is 0 Å². The first-order valence-corrected chi connectivity index (χ1v) is 10.9. The summed E-state index contributed by atoms with van der Waals surface area (Å²) in [7, 11) is 0. The van der Waals surface area contributed by atoms with Crippen LogP contribution >= 0.6 is 0 Å². The third kappa shape index (κ3) is 5.10. The van der Waals surface area contributed by atoms with Crippen molar-refractivity contribution in [1.82, 2.24) is 10.4 Å². The number of aromatic hydroxyl groups is 1. The van der Waals surface area contributed by atoms with Crippen molar-refractivity contribution < 1.29 is 14.7 Å². The monoisotopic (exact) mass is 452 g/mol. The molecule has 0 aliphatic rings. The van der Waals surface area contributed by atoms with Crippen molar-refractivity contribution in [3.05, 3.63) is 90.0 Å². The summed E-state index contributed by atoms with van der Waals surface area (Å²) in [5.74, 6) is -0.250. The highest BCUT2D eigenvalue weighted by Gasteiger charge is 2.14. The Balaban J connectivity index is 1.59. The van der Waals surface area contributed by atoms with Crippen molar-refractivity contribution in [2.75, 3.05) is 5.32 Å².